The van der Waals surface area contributed by atoms with Crippen molar-refractivity contribution in [3.63, 3.8) is 0 Å². The third-order valence-electron chi connectivity index (χ3n) is 2.17. The van der Waals surface area contributed by atoms with E-state index in [1.165, 1.54) is 12.7 Å². The summed E-state index contributed by atoms with van der Waals surface area (Å²) in [4.78, 5) is 10.9. The van der Waals surface area contributed by atoms with Gasteiger partial charge in [0, 0.05) is 0 Å². The van der Waals surface area contributed by atoms with Crippen LogP contribution in [0.25, 0.3) is 0 Å². The largest absolute Gasteiger partial charge is 0.469 e. The lowest BCUT2D eigenvalue weighted by Crippen LogP contribution is -2.04. The van der Waals surface area contributed by atoms with Gasteiger partial charge in [-0.1, -0.05) is 70.3 Å². The van der Waals surface area contributed by atoms with Gasteiger partial charge >= 0.3 is 5.97 Å². The predicted octanol–water partition coefficient (Wildman–Crippen LogP) is 4.35. The molecule has 0 aliphatic carbocycles. The molecule has 0 bridgehead atoms. The molecule has 0 atom stereocenters. The highest BCUT2D eigenvalue weighted by Gasteiger charge is 2.01. The van der Waals surface area contributed by atoms with Crippen LogP contribution in [0.15, 0.2) is 49.6 Å². The van der Waals surface area contributed by atoms with Gasteiger partial charge in [-0.05, 0) is 17.5 Å². The maximum absolute atomic E-state index is 10.9. The van der Waals surface area contributed by atoms with Crippen molar-refractivity contribution >= 4 is 5.97 Å². The fraction of sp³-hybridized carbons (Fsp3) is 0.353. The zero-order chi connectivity index (χ0) is 15.1. The van der Waals surface area contributed by atoms with E-state index in [-0.39, 0.29) is 5.97 Å². The molecule has 0 radical (unpaired) electrons. The first-order valence-electron chi connectivity index (χ1n) is 6.56. The lowest BCUT2D eigenvalue weighted by atomic mass is 10.1. The average molecular weight is 262 g/mol. The summed E-state index contributed by atoms with van der Waals surface area (Å²) >= 11 is 0. The van der Waals surface area contributed by atoms with E-state index in [0.717, 1.165) is 12.0 Å². The van der Waals surface area contributed by atoms with E-state index in [9.17, 15) is 4.79 Å². The second kappa shape index (κ2) is 14.2. The van der Waals surface area contributed by atoms with E-state index < -0.39 is 0 Å². The molecule has 2 nitrogen and oxygen atoms in total. The molecular weight excluding hydrogens is 236 g/mol. The number of carbonyl (C=O) groups excluding carboxylic acids is 1. The molecule has 0 N–H and O–H groups in total. The van der Waals surface area contributed by atoms with Gasteiger partial charge in [0.1, 0.15) is 0 Å². The standard InChI is InChI=1S/C11H14O2.C4H6.C2H6/c1-3-9-4-6-10(7-5-9)8-11(12)13-2;1-3-4-2;1-2/h4-7H,3,8H2,1-2H3;3-4H,1-2H2;1-2H3. The van der Waals surface area contributed by atoms with Crippen molar-refractivity contribution in [2.24, 2.45) is 0 Å². The van der Waals surface area contributed by atoms with Crippen molar-refractivity contribution in [3.05, 3.63) is 60.7 Å². The van der Waals surface area contributed by atoms with Crippen molar-refractivity contribution in [2.75, 3.05) is 7.11 Å². The summed E-state index contributed by atoms with van der Waals surface area (Å²) in [5, 5.41) is 0. The first-order valence-corrected chi connectivity index (χ1v) is 6.56. The number of benzene rings is 1. The minimum Gasteiger partial charge on any atom is -0.469 e. The lowest BCUT2D eigenvalue weighted by Gasteiger charge is -2.00. The Morgan fingerprint density at radius 3 is 1.84 bits per heavy atom. The smallest absolute Gasteiger partial charge is 0.309 e. The van der Waals surface area contributed by atoms with Crippen LogP contribution in [0.4, 0.5) is 0 Å². The Hall–Kier alpha value is -1.83. The molecule has 0 fully saturated rings. The van der Waals surface area contributed by atoms with Crippen molar-refractivity contribution in [2.45, 2.75) is 33.6 Å². The van der Waals surface area contributed by atoms with Gasteiger partial charge in [0.2, 0.25) is 0 Å². The Bertz CT molecular complexity index is 344. The zero-order valence-electron chi connectivity index (χ0n) is 12.6. The molecule has 0 saturated heterocycles. The summed E-state index contributed by atoms with van der Waals surface area (Å²) < 4.78 is 4.57. The molecule has 2 heteroatoms. The number of esters is 1. The van der Waals surface area contributed by atoms with Crippen LogP contribution in [-0.2, 0) is 22.4 Å². The molecule has 1 aromatic rings. The Labute approximate surface area is 117 Å². The molecule has 0 heterocycles. The molecule has 0 amide bonds. The van der Waals surface area contributed by atoms with Crippen LogP contribution in [0.1, 0.15) is 31.9 Å². The first-order chi connectivity index (χ1) is 9.17. The summed E-state index contributed by atoms with van der Waals surface area (Å²) in [6, 6.07) is 8.02. The minimum absolute atomic E-state index is 0.191. The monoisotopic (exact) mass is 262 g/mol. The van der Waals surface area contributed by atoms with Gasteiger partial charge in [0.05, 0.1) is 13.5 Å². The Morgan fingerprint density at radius 1 is 1.11 bits per heavy atom. The lowest BCUT2D eigenvalue weighted by molar-refractivity contribution is -0.139. The fourth-order valence-corrected chi connectivity index (χ4v) is 1.13. The van der Waals surface area contributed by atoms with E-state index in [1.807, 2.05) is 38.1 Å². The molecule has 106 valence electrons. The fourth-order valence-electron chi connectivity index (χ4n) is 1.13. The summed E-state index contributed by atoms with van der Waals surface area (Å²) in [6.07, 6.45) is 4.67. The van der Waals surface area contributed by atoms with Gasteiger partial charge in [-0.25, -0.2) is 0 Å². The first kappa shape index (κ1) is 19.5. The van der Waals surface area contributed by atoms with E-state index in [4.69, 9.17) is 0 Å². The highest BCUT2D eigenvalue weighted by Crippen LogP contribution is 2.05. The molecule has 0 saturated carbocycles. The predicted molar refractivity (Wildman–Crippen MR) is 83.3 cm³/mol. The topological polar surface area (TPSA) is 26.3 Å². The summed E-state index contributed by atoms with van der Waals surface area (Å²) in [5.41, 5.74) is 2.29. The molecule has 1 rings (SSSR count). The summed E-state index contributed by atoms with van der Waals surface area (Å²) in [6.45, 7) is 12.8. The summed E-state index contributed by atoms with van der Waals surface area (Å²) in [5.74, 6) is -0.191. The van der Waals surface area contributed by atoms with Crippen LogP contribution in [0.3, 0.4) is 0 Å². The highest BCUT2D eigenvalue weighted by atomic mass is 16.5. The van der Waals surface area contributed by atoms with Gasteiger partial charge in [0.25, 0.3) is 0 Å². The number of carbonyl (C=O) groups is 1. The Balaban J connectivity index is 0. The normalized spacial score (nSPS) is 8.00. The zero-order valence-corrected chi connectivity index (χ0v) is 12.6. The molecule has 0 aliphatic rings. The molecule has 1 aromatic carbocycles. The molecule has 0 aromatic heterocycles. The van der Waals surface area contributed by atoms with Crippen LogP contribution in [-0.4, -0.2) is 13.1 Å². The third-order valence-corrected chi connectivity index (χ3v) is 2.17. The van der Waals surface area contributed by atoms with E-state index >= 15 is 0 Å². The highest BCUT2D eigenvalue weighted by molar-refractivity contribution is 5.72. The number of methoxy groups -OCH3 is 1. The van der Waals surface area contributed by atoms with Crippen molar-refractivity contribution < 1.29 is 9.53 Å². The van der Waals surface area contributed by atoms with Gasteiger partial charge < -0.3 is 4.74 Å². The molecular formula is C17H26O2. The van der Waals surface area contributed by atoms with Crippen molar-refractivity contribution in [1.29, 1.82) is 0 Å². The van der Waals surface area contributed by atoms with E-state index in [1.54, 1.807) is 12.2 Å². The molecule has 0 aliphatic heterocycles. The molecule has 0 spiro atoms. The number of rotatable bonds is 4. The number of hydrogen-bond donors (Lipinski definition) is 0. The Morgan fingerprint density at radius 2 is 1.53 bits per heavy atom. The van der Waals surface area contributed by atoms with Gasteiger partial charge in [0.15, 0.2) is 0 Å². The van der Waals surface area contributed by atoms with Crippen LogP contribution in [0.2, 0.25) is 0 Å². The van der Waals surface area contributed by atoms with Crippen LogP contribution in [0.5, 0.6) is 0 Å². The maximum atomic E-state index is 10.9. The van der Waals surface area contributed by atoms with Crippen molar-refractivity contribution in [1.82, 2.24) is 0 Å². The van der Waals surface area contributed by atoms with Crippen LogP contribution in [0, 0.1) is 0 Å². The Kier molecular flexibility index (Phi) is 14.6. The quantitative estimate of drug-likeness (QED) is 0.595. The number of hydrogen-bond acceptors (Lipinski definition) is 2. The van der Waals surface area contributed by atoms with E-state index in [0.29, 0.717) is 6.42 Å². The van der Waals surface area contributed by atoms with Gasteiger partial charge in [-0.2, -0.15) is 0 Å². The number of allylic oxidation sites excluding steroid dienone is 2. The average Bonchev–Trinajstić information content (AvgIpc) is 2.50. The number of aryl methyl sites for hydroxylation is 1. The number of ether oxygens (including phenoxy) is 1. The van der Waals surface area contributed by atoms with Gasteiger partial charge in [-0.3, -0.25) is 4.79 Å². The third kappa shape index (κ3) is 11.0. The van der Waals surface area contributed by atoms with E-state index in [2.05, 4.69) is 24.8 Å². The van der Waals surface area contributed by atoms with Crippen LogP contribution < -0.4 is 0 Å². The van der Waals surface area contributed by atoms with Gasteiger partial charge in [-0.15, -0.1) is 0 Å². The second-order valence-corrected chi connectivity index (χ2v) is 3.39. The molecule has 0 unspecified atom stereocenters. The summed E-state index contributed by atoms with van der Waals surface area (Å²) in [7, 11) is 1.41. The molecule has 19 heavy (non-hydrogen) atoms. The SMILES string of the molecule is C=CC=C.CC.CCc1ccc(CC(=O)OC)cc1. The maximum Gasteiger partial charge on any atom is 0.309 e. The minimum atomic E-state index is -0.191. The van der Waals surface area contributed by atoms with Crippen molar-refractivity contribution in [3.8, 4) is 0 Å². The van der Waals surface area contributed by atoms with Crippen LogP contribution >= 0.6 is 0 Å². The second-order valence-electron chi connectivity index (χ2n) is 3.39.